The van der Waals surface area contributed by atoms with Crippen LogP contribution in [0.1, 0.15) is 19.3 Å². The summed E-state index contributed by atoms with van der Waals surface area (Å²) in [6.07, 6.45) is 3.76. The lowest BCUT2D eigenvalue weighted by Crippen LogP contribution is -2.44. The van der Waals surface area contributed by atoms with Gasteiger partial charge in [0.05, 0.1) is 13.2 Å². The van der Waals surface area contributed by atoms with E-state index in [1.54, 1.807) is 7.11 Å². The van der Waals surface area contributed by atoms with E-state index < -0.39 is 0 Å². The summed E-state index contributed by atoms with van der Waals surface area (Å²) in [4.78, 5) is 6.80. The second-order valence-corrected chi connectivity index (χ2v) is 6.29. The third kappa shape index (κ3) is 4.16. The molecule has 0 atom stereocenters. The first kappa shape index (κ1) is 16.4. The topological polar surface area (TPSA) is 50.9 Å². The Labute approximate surface area is 131 Å². The normalized spacial score (nSPS) is 23.2. The van der Waals surface area contributed by atoms with Crippen LogP contribution in [0.5, 0.6) is 0 Å². The summed E-state index contributed by atoms with van der Waals surface area (Å²) in [6, 6.07) is 0. The average Bonchev–Trinajstić information content (AvgIpc) is 2.33. The van der Waals surface area contributed by atoms with Crippen molar-refractivity contribution in [1.29, 1.82) is 0 Å². The lowest BCUT2D eigenvalue weighted by molar-refractivity contribution is 0.0251. The maximum absolute atomic E-state index is 6.06. The van der Waals surface area contributed by atoms with Crippen molar-refractivity contribution in [3.63, 3.8) is 0 Å². The van der Waals surface area contributed by atoms with Crippen molar-refractivity contribution in [2.45, 2.75) is 19.3 Å². The van der Waals surface area contributed by atoms with Gasteiger partial charge in [-0.15, -0.1) is 24.0 Å². The van der Waals surface area contributed by atoms with Gasteiger partial charge in [0.15, 0.2) is 5.96 Å². The summed E-state index contributed by atoms with van der Waals surface area (Å²) in [5.74, 6) is 3.06. The molecule has 0 bridgehead atoms. The Hall–Kier alpha value is 0.310. The number of hydrogen-bond donors (Lipinski definition) is 1. The molecule has 2 fully saturated rings. The van der Waals surface area contributed by atoms with E-state index in [-0.39, 0.29) is 29.4 Å². The van der Waals surface area contributed by atoms with Crippen LogP contribution in [0.15, 0.2) is 4.99 Å². The molecule has 1 aliphatic carbocycles. The summed E-state index contributed by atoms with van der Waals surface area (Å²) in [5, 5.41) is 0. The minimum Gasteiger partial charge on any atom is -0.384 e. The van der Waals surface area contributed by atoms with Gasteiger partial charge in [-0.2, -0.15) is 11.8 Å². The Morgan fingerprint density at radius 3 is 2.56 bits per heavy atom. The first-order chi connectivity index (χ1) is 8.26. The molecule has 4 nitrogen and oxygen atoms in total. The van der Waals surface area contributed by atoms with E-state index in [9.17, 15) is 0 Å². The third-order valence-electron chi connectivity index (χ3n) is 3.78. The molecule has 106 valence electrons. The Morgan fingerprint density at radius 1 is 1.39 bits per heavy atom. The van der Waals surface area contributed by atoms with Crippen molar-refractivity contribution in [1.82, 2.24) is 4.90 Å². The fourth-order valence-corrected chi connectivity index (χ4v) is 3.38. The highest BCUT2D eigenvalue weighted by molar-refractivity contribution is 14.0. The SMILES string of the molecule is COCC1(CN=C(N)N2CCSCC2)CCC1.I. The van der Waals surface area contributed by atoms with Gasteiger partial charge >= 0.3 is 0 Å². The van der Waals surface area contributed by atoms with Crippen LogP contribution in [-0.2, 0) is 4.74 Å². The molecule has 0 amide bonds. The number of rotatable bonds is 4. The molecule has 1 saturated carbocycles. The Morgan fingerprint density at radius 2 is 2.06 bits per heavy atom. The van der Waals surface area contributed by atoms with Gasteiger partial charge in [0, 0.05) is 37.1 Å². The fourth-order valence-electron chi connectivity index (χ4n) is 2.47. The molecule has 0 unspecified atom stereocenters. The van der Waals surface area contributed by atoms with E-state index in [0.717, 1.165) is 32.2 Å². The van der Waals surface area contributed by atoms with E-state index in [0.29, 0.717) is 0 Å². The van der Waals surface area contributed by atoms with Gasteiger partial charge in [0.1, 0.15) is 0 Å². The maximum Gasteiger partial charge on any atom is 0.191 e. The van der Waals surface area contributed by atoms with Crippen molar-refractivity contribution < 1.29 is 4.74 Å². The van der Waals surface area contributed by atoms with Crippen LogP contribution < -0.4 is 5.73 Å². The fraction of sp³-hybridized carbons (Fsp3) is 0.917. The molecule has 18 heavy (non-hydrogen) atoms. The molecule has 2 rings (SSSR count). The standard InChI is InChI=1S/C12H23N3OS.HI/c1-16-10-12(3-2-4-12)9-14-11(13)15-5-7-17-8-6-15;/h2-10H2,1H3,(H2,13,14);1H. The molecule has 0 radical (unpaired) electrons. The van der Waals surface area contributed by atoms with Crippen molar-refractivity contribution in [3.05, 3.63) is 0 Å². The molecule has 2 aliphatic rings. The third-order valence-corrected chi connectivity index (χ3v) is 4.72. The maximum atomic E-state index is 6.06. The van der Waals surface area contributed by atoms with Gasteiger partial charge in [-0.3, -0.25) is 4.99 Å². The summed E-state index contributed by atoms with van der Waals surface area (Å²) in [6.45, 7) is 3.73. The quantitative estimate of drug-likeness (QED) is 0.456. The molecule has 6 heteroatoms. The molecular formula is C12H24IN3OS. The number of nitrogens with two attached hydrogens (primary N) is 1. The van der Waals surface area contributed by atoms with Crippen LogP contribution in [0, 0.1) is 5.41 Å². The zero-order chi connectivity index (χ0) is 12.1. The van der Waals surface area contributed by atoms with Gasteiger partial charge < -0.3 is 15.4 Å². The predicted octanol–water partition coefficient (Wildman–Crippen LogP) is 1.78. The monoisotopic (exact) mass is 385 g/mol. The van der Waals surface area contributed by atoms with Crippen LogP contribution in [0.4, 0.5) is 0 Å². The van der Waals surface area contributed by atoms with Crippen LogP contribution in [0.3, 0.4) is 0 Å². The highest BCUT2D eigenvalue weighted by Crippen LogP contribution is 2.41. The molecule has 0 aromatic carbocycles. The van der Waals surface area contributed by atoms with Crippen LogP contribution in [-0.4, -0.2) is 55.7 Å². The van der Waals surface area contributed by atoms with E-state index in [1.165, 1.54) is 30.8 Å². The largest absolute Gasteiger partial charge is 0.384 e. The number of methoxy groups -OCH3 is 1. The molecule has 0 spiro atoms. The summed E-state index contributed by atoms with van der Waals surface area (Å²) in [7, 11) is 1.77. The van der Waals surface area contributed by atoms with E-state index in [1.807, 2.05) is 11.8 Å². The smallest absolute Gasteiger partial charge is 0.191 e. The molecule has 1 heterocycles. The number of halogens is 1. The summed E-state index contributed by atoms with van der Waals surface area (Å²) >= 11 is 1.99. The minimum absolute atomic E-state index is 0. The number of nitrogens with zero attached hydrogens (tertiary/aromatic N) is 2. The number of guanidine groups is 1. The van der Waals surface area contributed by atoms with Gasteiger partial charge in [0.2, 0.25) is 0 Å². The van der Waals surface area contributed by atoms with Crippen molar-refractivity contribution in [2.75, 3.05) is 44.9 Å². The van der Waals surface area contributed by atoms with E-state index in [4.69, 9.17) is 10.5 Å². The van der Waals surface area contributed by atoms with E-state index in [2.05, 4.69) is 9.89 Å². The molecule has 1 aliphatic heterocycles. The van der Waals surface area contributed by atoms with E-state index >= 15 is 0 Å². The Kier molecular flexibility index (Phi) is 7.08. The van der Waals surface area contributed by atoms with Crippen molar-refractivity contribution >= 4 is 41.7 Å². The highest BCUT2D eigenvalue weighted by Gasteiger charge is 2.36. The van der Waals surface area contributed by atoms with Crippen LogP contribution >= 0.6 is 35.7 Å². The van der Waals surface area contributed by atoms with Gasteiger partial charge in [-0.05, 0) is 12.8 Å². The van der Waals surface area contributed by atoms with Gasteiger partial charge in [0.25, 0.3) is 0 Å². The second kappa shape index (κ2) is 7.79. The number of thioether (sulfide) groups is 1. The second-order valence-electron chi connectivity index (χ2n) is 5.06. The number of hydrogen-bond acceptors (Lipinski definition) is 3. The molecule has 0 aromatic heterocycles. The summed E-state index contributed by atoms with van der Waals surface area (Å²) in [5.41, 5.74) is 6.34. The average molecular weight is 385 g/mol. The van der Waals surface area contributed by atoms with Crippen LogP contribution in [0.25, 0.3) is 0 Å². The number of ether oxygens (including phenoxy) is 1. The van der Waals surface area contributed by atoms with Gasteiger partial charge in [-0.25, -0.2) is 0 Å². The van der Waals surface area contributed by atoms with Crippen molar-refractivity contribution in [2.24, 2.45) is 16.1 Å². The zero-order valence-corrected chi connectivity index (χ0v) is 14.2. The zero-order valence-electron chi connectivity index (χ0n) is 11.1. The van der Waals surface area contributed by atoms with Crippen LogP contribution in [0.2, 0.25) is 0 Å². The predicted molar refractivity (Wildman–Crippen MR) is 89.0 cm³/mol. The first-order valence-electron chi connectivity index (χ1n) is 6.37. The van der Waals surface area contributed by atoms with Gasteiger partial charge in [-0.1, -0.05) is 6.42 Å². The number of aliphatic imine (C=N–C) groups is 1. The molecule has 0 aromatic rings. The highest BCUT2D eigenvalue weighted by atomic mass is 127. The Bertz CT molecular complexity index is 278. The Balaban J connectivity index is 0.00000162. The molecular weight excluding hydrogens is 361 g/mol. The minimum atomic E-state index is 0. The lowest BCUT2D eigenvalue weighted by atomic mass is 9.69. The van der Waals surface area contributed by atoms with Crippen molar-refractivity contribution in [3.8, 4) is 0 Å². The lowest BCUT2D eigenvalue weighted by Gasteiger charge is -2.40. The molecule has 1 saturated heterocycles. The molecule has 2 N–H and O–H groups in total. The first-order valence-corrected chi connectivity index (χ1v) is 7.53. The summed E-state index contributed by atoms with van der Waals surface area (Å²) < 4.78 is 5.30.